The van der Waals surface area contributed by atoms with Gasteiger partial charge in [-0.1, -0.05) is 0 Å². The van der Waals surface area contributed by atoms with Crippen molar-refractivity contribution in [2.24, 2.45) is 0 Å². The Labute approximate surface area is 150 Å². The van der Waals surface area contributed by atoms with E-state index in [2.05, 4.69) is 27.0 Å². The Morgan fingerprint density at radius 1 is 1.17 bits per heavy atom. The number of aromatic nitrogens is 1. The van der Waals surface area contributed by atoms with E-state index in [1.165, 1.54) is 24.6 Å². The third kappa shape index (κ3) is 3.53. The molecule has 3 heterocycles. The summed E-state index contributed by atoms with van der Waals surface area (Å²) < 4.78 is 1.15. The molecule has 5 nitrogen and oxygen atoms in total. The summed E-state index contributed by atoms with van der Waals surface area (Å²) in [5.41, 5.74) is 3.60. The molecule has 2 aromatic rings. The topological polar surface area (TPSA) is 48.5 Å². The van der Waals surface area contributed by atoms with Crippen LogP contribution >= 0.6 is 23.1 Å². The molecule has 2 aliphatic rings. The molecule has 0 radical (unpaired) electrons. The number of hydrogen-bond donors (Lipinski definition) is 1. The second-order valence-corrected chi connectivity index (χ2v) is 8.44. The number of thioether (sulfide) groups is 1. The molecule has 2 amide bonds. The summed E-state index contributed by atoms with van der Waals surface area (Å²) in [5, 5.41) is 3.02. The predicted octanol–water partition coefficient (Wildman–Crippen LogP) is 3.34. The molecule has 2 fully saturated rings. The van der Waals surface area contributed by atoms with Gasteiger partial charge in [-0.05, 0) is 31.0 Å². The minimum absolute atomic E-state index is 0.0113. The van der Waals surface area contributed by atoms with Gasteiger partial charge in [-0.25, -0.2) is 9.78 Å². The number of amides is 2. The molecule has 2 saturated heterocycles. The third-order valence-corrected chi connectivity index (χ3v) is 6.65. The molecule has 0 saturated carbocycles. The number of piperidine rings is 1. The molecule has 7 heteroatoms. The lowest BCUT2D eigenvalue weighted by atomic mass is 10.0. The molecule has 0 spiro atoms. The van der Waals surface area contributed by atoms with Crippen LogP contribution in [0.15, 0.2) is 23.7 Å². The first kappa shape index (κ1) is 16.2. The second-order valence-electron chi connectivity index (χ2n) is 6.33. The maximum Gasteiger partial charge on any atom is 0.321 e. The summed E-state index contributed by atoms with van der Waals surface area (Å²) in [6.07, 6.45) is 2.17. The Balaban J connectivity index is 1.32. The van der Waals surface area contributed by atoms with Gasteiger partial charge in [-0.15, -0.1) is 11.3 Å². The van der Waals surface area contributed by atoms with Gasteiger partial charge in [0, 0.05) is 49.4 Å². The Bertz CT molecular complexity index is 705. The summed E-state index contributed by atoms with van der Waals surface area (Å²) in [6.45, 7) is 4.10. The number of thiazole rings is 1. The number of urea groups is 1. The molecule has 0 aliphatic carbocycles. The van der Waals surface area contributed by atoms with Crippen LogP contribution in [-0.2, 0) is 0 Å². The summed E-state index contributed by atoms with van der Waals surface area (Å²) >= 11 is 3.67. The Morgan fingerprint density at radius 3 is 2.75 bits per heavy atom. The van der Waals surface area contributed by atoms with Crippen molar-refractivity contribution in [1.29, 1.82) is 0 Å². The van der Waals surface area contributed by atoms with Crippen LogP contribution in [0.2, 0.25) is 0 Å². The van der Waals surface area contributed by atoms with Crippen molar-refractivity contribution in [2.45, 2.75) is 18.9 Å². The average molecular weight is 363 g/mol. The van der Waals surface area contributed by atoms with Crippen LogP contribution < -0.4 is 5.32 Å². The number of hydrogen-bond acceptors (Lipinski definition) is 5. The highest BCUT2D eigenvalue weighted by Crippen LogP contribution is 2.23. The van der Waals surface area contributed by atoms with Gasteiger partial charge in [0.1, 0.15) is 0 Å². The lowest BCUT2D eigenvalue weighted by Crippen LogP contribution is -2.49. The van der Waals surface area contributed by atoms with Crippen LogP contribution in [0.25, 0.3) is 10.2 Å². The molecule has 128 valence electrons. The molecule has 4 rings (SSSR count). The van der Waals surface area contributed by atoms with Gasteiger partial charge in [-0.2, -0.15) is 11.8 Å². The zero-order chi connectivity index (χ0) is 16.4. The largest absolute Gasteiger partial charge is 0.324 e. The number of rotatable bonds is 2. The molecular formula is C17H22N4OS2. The number of carbonyl (C=O) groups is 1. The number of fused-ring (bicyclic) bond motifs is 1. The van der Waals surface area contributed by atoms with Gasteiger partial charge in [0.15, 0.2) is 0 Å². The van der Waals surface area contributed by atoms with E-state index >= 15 is 0 Å². The van der Waals surface area contributed by atoms with Crippen LogP contribution in [0.5, 0.6) is 0 Å². The first-order valence-corrected chi connectivity index (χ1v) is 10.5. The van der Waals surface area contributed by atoms with Crippen molar-refractivity contribution in [1.82, 2.24) is 14.8 Å². The van der Waals surface area contributed by atoms with Gasteiger partial charge in [-0.3, -0.25) is 4.90 Å². The average Bonchev–Trinajstić information content (AvgIpc) is 3.10. The fourth-order valence-electron chi connectivity index (χ4n) is 3.51. The molecule has 1 aromatic heterocycles. The molecule has 0 bridgehead atoms. The van der Waals surface area contributed by atoms with Gasteiger partial charge >= 0.3 is 6.03 Å². The zero-order valence-corrected chi connectivity index (χ0v) is 15.2. The lowest BCUT2D eigenvalue weighted by Gasteiger charge is -2.40. The van der Waals surface area contributed by atoms with Gasteiger partial charge in [0.25, 0.3) is 0 Å². The Morgan fingerprint density at radius 2 is 1.96 bits per heavy atom. The summed E-state index contributed by atoms with van der Waals surface area (Å²) in [4.78, 5) is 21.4. The van der Waals surface area contributed by atoms with Crippen LogP contribution in [0.3, 0.4) is 0 Å². The van der Waals surface area contributed by atoms with E-state index in [4.69, 9.17) is 0 Å². The van der Waals surface area contributed by atoms with Crippen molar-refractivity contribution in [3.8, 4) is 0 Å². The smallest absolute Gasteiger partial charge is 0.321 e. The van der Waals surface area contributed by atoms with Crippen LogP contribution in [0, 0.1) is 0 Å². The summed E-state index contributed by atoms with van der Waals surface area (Å²) in [6, 6.07) is 6.58. The highest BCUT2D eigenvalue weighted by Gasteiger charge is 2.27. The van der Waals surface area contributed by atoms with Crippen LogP contribution in [0.4, 0.5) is 10.5 Å². The quantitative estimate of drug-likeness (QED) is 0.890. The van der Waals surface area contributed by atoms with E-state index in [0.29, 0.717) is 6.04 Å². The molecule has 24 heavy (non-hydrogen) atoms. The number of nitrogens with one attached hydrogen (secondary N) is 1. The fraction of sp³-hybridized carbons (Fsp3) is 0.529. The number of nitrogens with zero attached hydrogens (tertiary/aromatic N) is 3. The molecule has 1 aromatic carbocycles. The van der Waals surface area contributed by atoms with Crippen LogP contribution in [-0.4, -0.2) is 64.5 Å². The maximum atomic E-state index is 12.5. The molecular weight excluding hydrogens is 340 g/mol. The predicted molar refractivity (Wildman–Crippen MR) is 102 cm³/mol. The van der Waals surface area contributed by atoms with E-state index in [-0.39, 0.29) is 6.03 Å². The highest BCUT2D eigenvalue weighted by molar-refractivity contribution is 7.99. The van der Waals surface area contributed by atoms with Crippen molar-refractivity contribution >= 4 is 45.0 Å². The van der Waals surface area contributed by atoms with E-state index in [1.54, 1.807) is 11.3 Å². The van der Waals surface area contributed by atoms with Crippen LogP contribution in [0.1, 0.15) is 12.8 Å². The first-order valence-electron chi connectivity index (χ1n) is 8.50. The van der Waals surface area contributed by atoms with E-state index < -0.39 is 0 Å². The standard InChI is InChI=1S/C17H22N4OS2/c22-17(19-13-1-2-16-15(11-13)18-12-24-16)21-5-3-14(4-6-21)20-7-9-23-10-8-20/h1-2,11-12,14H,3-10H2,(H,19,22). The first-order chi connectivity index (χ1) is 11.8. The maximum absolute atomic E-state index is 12.5. The van der Waals surface area contributed by atoms with Gasteiger partial charge in [0.05, 0.1) is 15.7 Å². The van der Waals surface area contributed by atoms with E-state index in [0.717, 1.165) is 41.8 Å². The highest BCUT2D eigenvalue weighted by atomic mass is 32.2. The minimum atomic E-state index is 0.0113. The second kappa shape index (κ2) is 7.29. The Hall–Kier alpha value is -1.31. The SMILES string of the molecule is O=C(Nc1ccc2scnc2c1)N1CCC(N2CCSCC2)CC1. The summed E-state index contributed by atoms with van der Waals surface area (Å²) in [7, 11) is 0. The van der Waals surface area contributed by atoms with E-state index in [1.807, 2.05) is 28.6 Å². The fourth-order valence-corrected chi connectivity index (χ4v) is 5.11. The lowest BCUT2D eigenvalue weighted by molar-refractivity contribution is 0.130. The van der Waals surface area contributed by atoms with Gasteiger partial charge in [0.2, 0.25) is 0 Å². The third-order valence-electron chi connectivity index (χ3n) is 4.90. The molecule has 1 N–H and O–H groups in total. The number of benzene rings is 1. The Kier molecular flexibility index (Phi) is 4.91. The number of likely N-dealkylation sites (tertiary alicyclic amines) is 1. The number of anilines is 1. The van der Waals surface area contributed by atoms with Gasteiger partial charge < -0.3 is 10.2 Å². The van der Waals surface area contributed by atoms with E-state index in [9.17, 15) is 4.79 Å². The van der Waals surface area contributed by atoms with Crippen molar-refractivity contribution in [3.63, 3.8) is 0 Å². The van der Waals surface area contributed by atoms with Crippen molar-refractivity contribution in [3.05, 3.63) is 23.7 Å². The summed E-state index contributed by atoms with van der Waals surface area (Å²) in [5.74, 6) is 2.50. The number of carbonyl (C=O) groups excluding carboxylic acids is 1. The molecule has 0 atom stereocenters. The zero-order valence-electron chi connectivity index (χ0n) is 13.6. The van der Waals surface area contributed by atoms with Crippen molar-refractivity contribution in [2.75, 3.05) is 43.0 Å². The molecule has 0 unspecified atom stereocenters. The monoisotopic (exact) mass is 362 g/mol. The van der Waals surface area contributed by atoms with Crippen molar-refractivity contribution < 1.29 is 4.79 Å². The molecule has 2 aliphatic heterocycles. The minimum Gasteiger partial charge on any atom is -0.324 e. The normalized spacial score (nSPS) is 20.4.